The Morgan fingerprint density at radius 2 is 1.75 bits per heavy atom. The highest BCUT2D eigenvalue weighted by Crippen LogP contribution is 2.35. The molecule has 202 valence electrons. The first-order valence-corrected chi connectivity index (χ1v) is 12.5. The van der Waals surface area contributed by atoms with E-state index >= 15 is 0 Å². The van der Waals surface area contributed by atoms with Crippen LogP contribution in [-0.2, 0) is 17.9 Å². The molecule has 1 amide bonds. The summed E-state index contributed by atoms with van der Waals surface area (Å²) in [6.45, 7) is 1.54. The lowest BCUT2D eigenvalue weighted by atomic mass is 10.2. The van der Waals surface area contributed by atoms with Crippen LogP contribution in [0.3, 0.4) is 0 Å². The minimum absolute atomic E-state index is 0.0248. The van der Waals surface area contributed by atoms with Gasteiger partial charge < -0.3 is 24.1 Å². The van der Waals surface area contributed by atoms with E-state index in [1.54, 1.807) is 24.3 Å². The number of carbonyl (C=O) groups excluding carboxylic acids is 1. The van der Waals surface area contributed by atoms with Crippen LogP contribution in [0.1, 0.15) is 12.8 Å². The molecule has 1 aliphatic rings. The fraction of sp³-hybridized carbons (Fsp3) is 0.179. The molecule has 0 fully saturated rings. The molecule has 2 aromatic heterocycles. The van der Waals surface area contributed by atoms with Crippen LogP contribution in [-0.4, -0.2) is 38.6 Å². The van der Waals surface area contributed by atoms with Gasteiger partial charge in [-0.15, -0.1) is 0 Å². The number of nitrogens with zero attached hydrogens (tertiary/aromatic N) is 4. The van der Waals surface area contributed by atoms with Crippen LogP contribution in [0.4, 0.5) is 5.69 Å². The summed E-state index contributed by atoms with van der Waals surface area (Å²) in [6.07, 6.45) is 0. The van der Waals surface area contributed by atoms with Crippen molar-refractivity contribution >= 4 is 22.5 Å². The van der Waals surface area contributed by atoms with Crippen molar-refractivity contribution < 1.29 is 23.5 Å². The first-order chi connectivity index (χ1) is 19.5. The van der Waals surface area contributed by atoms with Crippen molar-refractivity contribution in [1.82, 2.24) is 19.3 Å². The Labute approximate surface area is 226 Å². The van der Waals surface area contributed by atoms with Crippen LogP contribution >= 0.6 is 0 Å². The molecule has 12 heteroatoms. The Kier molecular flexibility index (Phi) is 6.48. The molecule has 0 aliphatic carbocycles. The number of fused-ring (bicyclic) bond motifs is 2. The molecular weight excluding hydrogens is 518 g/mol. The van der Waals surface area contributed by atoms with Gasteiger partial charge in [-0.25, -0.2) is 4.79 Å². The molecule has 3 heterocycles. The van der Waals surface area contributed by atoms with Crippen LogP contribution < -0.4 is 30.8 Å². The molecular formula is C28H23N5O7. The Morgan fingerprint density at radius 3 is 2.55 bits per heavy atom. The number of para-hydroxylation sites is 2. The second-order valence-corrected chi connectivity index (χ2v) is 8.84. The molecule has 12 nitrogen and oxygen atoms in total. The number of anilines is 1. The van der Waals surface area contributed by atoms with E-state index in [0.29, 0.717) is 35.4 Å². The van der Waals surface area contributed by atoms with Gasteiger partial charge in [-0.05, 0) is 25.1 Å². The monoisotopic (exact) mass is 541 g/mol. The van der Waals surface area contributed by atoms with Gasteiger partial charge in [0.05, 0.1) is 23.2 Å². The highest BCUT2D eigenvalue weighted by atomic mass is 16.7. The lowest BCUT2D eigenvalue weighted by Crippen LogP contribution is -2.42. The fourth-order valence-electron chi connectivity index (χ4n) is 4.44. The molecule has 0 bridgehead atoms. The molecule has 0 saturated heterocycles. The maximum Gasteiger partial charge on any atom is 0.332 e. The fourth-order valence-corrected chi connectivity index (χ4v) is 4.44. The Hall–Kier alpha value is -5.39. The standard InChI is InChI=1S/C28H23N5O7/c1-2-37-21-11-7-6-10-19(21)29-24(34)14-32-20-13-23-22(38-16-39-23)12-18(20)27(35)33(28(32)36)15-25-30-26(31-40-25)17-8-4-3-5-9-17/h3-13H,2,14-16H2,1H3,(H,29,34). The third-order valence-electron chi connectivity index (χ3n) is 6.28. The van der Waals surface area contributed by atoms with E-state index < -0.39 is 23.7 Å². The average molecular weight is 542 g/mol. The Balaban J connectivity index is 1.40. The molecule has 5 aromatic rings. The summed E-state index contributed by atoms with van der Waals surface area (Å²) in [7, 11) is 0. The first-order valence-electron chi connectivity index (χ1n) is 12.5. The van der Waals surface area contributed by atoms with Crippen molar-refractivity contribution in [1.29, 1.82) is 0 Å². The molecule has 0 unspecified atom stereocenters. The van der Waals surface area contributed by atoms with Crippen LogP contribution in [0, 0.1) is 0 Å². The summed E-state index contributed by atoms with van der Waals surface area (Å²) in [5.41, 5.74) is 0.0638. The number of carbonyl (C=O) groups is 1. The zero-order chi connectivity index (χ0) is 27.6. The van der Waals surface area contributed by atoms with Crippen LogP contribution in [0.5, 0.6) is 17.2 Å². The number of ether oxygens (including phenoxy) is 3. The molecule has 0 atom stereocenters. The van der Waals surface area contributed by atoms with E-state index in [1.807, 2.05) is 37.3 Å². The number of aromatic nitrogens is 4. The summed E-state index contributed by atoms with van der Waals surface area (Å²) in [5.74, 6) is 1.10. The lowest BCUT2D eigenvalue weighted by molar-refractivity contribution is -0.116. The number of rotatable bonds is 8. The van der Waals surface area contributed by atoms with E-state index in [-0.39, 0.29) is 30.1 Å². The summed E-state index contributed by atoms with van der Waals surface area (Å²) in [5, 5.41) is 6.92. The number of hydrogen-bond acceptors (Lipinski definition) is 9. The number of hydrogen-bond donors (Lipinski definition) is 1. The molecule has 1 aliphatic heterocycles. The molecule has 3 aromatic carbocycles. The van der Waals surface area contributed by atoms with E-state index in [4.69, 9.17) is 18.7 Å². The van der Waals surface area contributed by atoms with Crippen molar-refractivity contribution in [3.63, 3.8) is 0 Å². The quantitative estimate of drug-likeness (QED) is 0.314. The van der Waals surface area contributed by atoms with Crippen LogP contribution in [0.2, 0.25) is 0 Å². The maximum atomic E-state index is 13.7. The second kappa shape index (κ2) is 10.4. The lowest BCUT2D eigenvalue weighted by Gasteiger charge is -2.15. The van der Waals surface area contributed by atoms with Gasteiger partial charge in [-0.1, -0.05) is 47.6 Å². The van der Waals surface area contributed by atoms with Crippen molar-refractivity contribution in [3.8, 4) is 28.6 Å². The SMILES string of the molecule is CCOc1ccccc1NC(=O)Cn1c(=O)n(Cc2nc(-c3ccccc3)no2)c(=O)c2cc3c(cc21)OCO3. The zero-order valence-corrected chi connectivity index (χ0v) is 21.3. The van der Waals surface area contributed by atoms with E-state index in [1.165, 1.54) is 16.7 Å². The maximum absolute atomic E-state index is 13.7. The Bertz CT molecular complexity index is 1840. The molecule has 0 saturated carbocycles. The van der Waals surface area contributed by atoms with Gasteiger partial charge >= 0.3 is 5.69 Å². The van der Waals surface area contributed by atoms with Gasteiger partial charge in [0.25, 0.3) is 5.56 Å². The number of nitrogens with one attached hydrogen (secondary N) is 1. The molecule has 1 N–H and O–H groups in total. The summed E-state index contributed by atoms with van der Waals surface area (Å²) >= 11 is 0. The molecule has 0 spiro atoms. The topological polar surface area (TPSA) is 140 Å². The minimum atomic E-state index is -0.732. The van der Waals surface area contributed by atoms with E-state index in [9.17, 15) is 14.4 Å². The third kappa shape index (κ3) is 4.66. The second-order valence-electron chi connectivity index (χ2n) is 8.84. The number of benzene rings is 3. The minimum Gasteiger partial charge on any atom is -0.492 e. The predicted molar refractivity (Wildman–Crippen MR) is 144 cm³/mol. The van der Waals surface area contributed by atoms with E-state index in [2.05, 4.69) is 15.5 Å². The number of amides is 1. The smallest absolute Gasteiger partial charge is 0.332 e. The first kappa shape index (κ1) is 24.9. The highest BCUT2D eigenvalue weighted by Gasteiger charge is 2.23. The largest absolute Gasteiger partial charge is 0.492 e. The predicted octanol–water partition coefficient (Wildman–Crippen LogP) is 3.03. The van der Waals surface area contributed by atoms with Crippen molar-refractivity contribution in [2.24, 2.45) is 0 Å². The van der Waals surface area contributed by atoms with Gasteiger partial charge in [-0.3, -0.25) is 18.7 Å². The van der Waals surface area contributed by atoms with Crippen molar-refractivity contribution in [2.75, 3.05) is 18.7 Å². The van der Waals surface area contributed by atoms with Crippen molar-refractivity contribution in [3.05, 3.63) is 93.5 Å². The summed E-state index contributed by atoms with van der Waals surface area (Å²) < 4.78 is 24.0. The van der Waals surface area contributed by atoms with E-state index in [0.717, 1.165) is 10.1 Å². The zero-order valence-electron chi connectivity index (χ0n) is 21.3. The van der Waals surface area contributed by atoms with Crippen LogP contribution in [0.15, 0.2) is 80.8 Å². The Morgan fingerprint density at radius 1 is 1.00 bits per heavy atom. The van der Waals surface area contributed by atoms with Gasteiger partial charge in [0.2, 0.25) is 24.4 Å². The average Bonchev–Trinajstić information content (AvgIpc) is 3.64. The van der Waals surface area contributed by atoms with Crippen molar-refractivity contribution in [2.45, 2.75) is 20.0 Å². The van der Waals surface area contributed by atoms with Gasteiger partial charge in [0.1, 0.15) is 18.8 Å². The van der Waals surface area contributed by atoms with Gasteiger partial charge in [0.15, 0.2) is 11.5 Å². The summed E-state index contributed by atoms with van der Waals surface area (Å²) in [4.78, 5) is 44.7. The van der Waals surface area contributed by atoms with Crippen LogP contribution in [0.25, 0.3) is 22.3 Å². The van der Waals surface area contributed by atoms with Gasteiger partial charge in [0, 0.05) is 11.6 Å². The normalized spacial score (nSPS) is 12.0. The molecule has 6 rings (SSSR count). The summed E-state index contributed by atoms with van der Waals surface area (Å²) in [6, 6.07) is 19.2. The molecule has 40 heavy (non-hydrogen) atoms. The van der Waals surface area contributed by atoms with Gasteiger partial charge in [-0.2, -0.15) is 4.98 Å². The molecule has 0 radical (unpaired) electrons. The highest BCUT2D eigenvalue weighted by molar-refractivity contribution is 5.93. The third-order valence-corrected chi connectivity index (χ3v) is 6.28.